The van der Waals surface area contributed by atoms with Gasteiger partial charge >= 0.3 is 6.03 Å². The smallest absolute Gasteiger partial charge is 0.333 e. The summed E-state index contributed by atoms with van der Waals surface area (Å²) in [5, 5.41) is 6.16. The molecule has 0 saturated heterocycles. The quantitative estimate of drug-likeness (QED) is 0.348. The second kappa shape index (κ2) is 9.51. The van der Waals surface area contributed by atoms with Crippen molar-refractivity contribution in [1.82, 2.24) is 9.29 Å². The van der Waals surface area contributed by atoms with Crippen LogP contribution in [0.25, 0.3) is 16.5 Å². The summed E-state index contributed by atoms with van der Waals surface area (Å²) in [6.45, 7) is 3.64. The largest absolute Gasteiger partial charge is 0.386 e. The summed E-state index contributed by atoms with van der Waals surface area (Å²) in [7, 11) is -2.39. The molecule has 2 amide bonds. The van der Waals surface area contributed by atoms with E-state index in [9.17, 15) is 22.4 Å². The molecule has 0 aliphatic rings. The SMILES string of the molecule is CCc1cc(-n2ccc3cc(NC)c(F)cc3c2=O)ccc1NC(=O)NS(=O)(=O)c1ccc(C)s1. The number of thiophene rings is 1. The Kier molecular flexibility index (Phi) is 6.64. The summed E-state index contributed by atoms with van der Waals surface area (Å²) in [4.78, 5) is 26.3. The van der Waals surface area contributed by atoms with Crippen LogP contribution in [0.4, 0.5) is 20.6 Å². The molecule has 182 valence electrons. The number of aryl methyl sites for hydroxylation is 2. The van der Waals surface area contributed by atoms with Gasteiger partial charge in [-0.25, -0.2) is 22.3 Å². The van der Waals surface area contributed by atoms with E-state index in [2.05, 4.69) is 10.6 Å². The standard InChI is InChI=1S/C24H23FN4O4S2/c1-4-15-11-17(29-10-9-16-12-21(26-3)19(25)13-18(16)23(29)30)6-7-20(15)27-24(31)28-35(32,33)22-8-5-14(2)34-22/h5-13,26H,4H2,1-3H3,(H2,27,28,31). The van der Waals surface area contributed by atoms with Gasteiger partial charge in [0.05, 0.1) is 11.1 Å². The first-order valence-corrected chi connectivity index (χ1v) is 13.0. The Hall–Kier alpha value is -3.70. The number of aromatic nitrogens is 1. The van der Waals surface area contributed by atoms with E-state index in [-0.39, 0.29) is 15.2 Å². The molecular weight excluding hydrogens is 491 g/mol. The van der Waals surface area contributed by atoms with E-state index >= 15 is 0 Å². The van der Waals surface area contributed by atoms with Crippen LogP contribution in [0.2, 0.25) is 0 Å². The summed E-state index contributed by atoms with van der Waals surface area (Å²) in [6.07, 6.45) is 2.11. The van der Waals surface area contributed by atoms with Gasteiger partial charge in [0, 0.05) is 29.5 Å². The molecular formula is C24H23FN4O4S2. The van der Waals surface area contributed by atoms with Gasteiger partial charge in [0.2, 0.25) is 0 Å². The van der Waals surface area contributed by atoms with Crippen LogP contribution in [0.3, 0.4) is 0 Å². The molecule has 0 aliphatic heterocycles. The van der Waals surface area contributed by atoms with Gasteiger partial charge in [0.25, 0.3) is 15.6 Å². The predicted molar refractivity (Wildman–Crippen MR) is 137 cm³/mol. The Morgan fingerprint density at radius 3 is 2.51 bits per heavy atom. The van der Waals surface area contributed by atoms with E-state index < -0.39 is 21.9 Å². The summed E-state index contributed by atoms with van der Waals surface area (Å²) in [5.74, 6) is -0.526. The average molecular weight is 515 g/mol. The number of nitrogens with zero attached hydrogens (tertiary/aromatic N) is 1. The normalized spacial score (nSPS) is 11.4. The van der Waals surface area contributed by atoms with Crippen molar-refractivity contribution in [3.05, 3.63) is 81.3 Å². The van der Waals surface area contributed by atoms with E-state index in [1.165, 1.54) is 16.7 Å². The number of rotatable bonds is 6. The first-order valence-electron chi connectivity index (χ1n) is 10.7. The Morgan fingerprint density at radius 1 is 1.09 bits per heavy atom. The topological polar surface area (TPSA) is 109 Å². The van der Waals surface area contributed by atoms with E-state index in [4.69, 9.17) is 0 Å². The molecule has 0 saturated carbocycles. The highest BCUT2D eigenvalue weighted by atomic mass is 32.2. The Bertz CT molecular complexity index is 1610. The average Bonchev–Trinajstić information content (AvgIpc) is 3.27. The molecule has 0 spiro atoms. The number of hydrogen-bond donors (Lipinski definition) is 3. The van der Waals surface area contributed by atoms with Crippen LogP contribution in [0.1, 0.15) is 17.4 Å². The minimum atomic E-state index is -3.99. The molecule has 3 N–H and O–H groups in total. The van der Waals surface area contributed by atoms with Crippen LogP contribution < -0.4 is 20.9 Å². The molecule has 0 radical (unpaired) electrons. The molecule has 35 heavy (non-hydrogen) atoms. The minimum absolute atomic E-state index is 0.0465. The predicted octanol–water partition coefficient (Wildman–Crippen LogP) is 4.61. The molecule has 4 aromatic rings. The van der Waals surface area contributed by atoms with Crippen LogP contribution in [-0.2, 0) is 16.4 Å². The highest BCUT2D eigenvalue weighted by Gasteiger charge is 2.20. The number of hydrogen-bond acceptors (Lipinski definition) is 6. The van der Waals surface area contributed by atoms with Gasteiger partial charge in [0.1, 0.15) is 10.0 Å². The zero-order chi connectivity index (χ0) is 25.3. The molecule has 2 heterocycles. The number of halogens is 1. The Balaban J connectivity index is 1.62. The molecule has 0 bridgehead atoms. The number of nitrogens with one attached hydrogen (secondary N) is 3. The van der Waals surface area contributed by atoms with E-state index in [0.29, 0.717) is 34.4 Å². The van der Waals surface area contributed by atoms with Gasteiger partial charge < -0.3 is 10.6 Å². The van der Waals surface area contributed by atoms with Crippen LogP contribution in [0, 0.1) is 12.7 Å². The summed E-state index contributed by atoms with van der Waals surface area (Å²) in [5.41, 5.74) is 1.53. The molecule has 0 unspecified atom stereocenters. The third-order valence-corrected chi connectivity index (χ3v) is 8.29. The number of benzene rings is 2. The third kappa shape index (κ3) is 4.91. The number of sulfonamides is 1. The minimum Gasteiger partial charge on any atom is -0.386 e. The second-order valence-electron chi connectivity index (χ2n) is 7.78. The zero-order valence-corrected chi connectivity index (χ0v) is 20.8. The van der Waals surface area contributed by atoms with Gasteiger partial charge in [-0.2, -0.15) is 0 Å². The van der Waals surface area contributed by atoms with Gasteiger partial charge in [-0.1, -0.05) is 6.92 Å². The fourth-order valence-corrected chi connectivity index (χ4v) is 5.87. The number of fused-ring (bicyclic) bond motifs is 1. The lowest BCUT2D eigenvalue weighted by molar-refractivity contribution is 0.256. The Labute approximate surface area is 205 Å². The van der Waals surface area contributed by atoms with E-state index in [1.54, 1.807) is 56.6 Å². The van der Waals surface area contributed by atoms with Crippen molar-refractivity contribution in [3.8, 4) is 5.69 Å². The summed E-state index contributed by atoms with van der Waals surface area (Å²) >= 11 is 1.07. The fourth-order valence-electron chi connectivity index (χ4n) is 3.68. The lowest BCUT2D eigenvalue weighted by atomic mass is 10.1. The summed E-state index contributed by atoms with van der Waals surface area (Å²) < 4.78 is 42.5. The van der Waals surface area contributed by atoms with Crippen LogP contribution >= 0.6 is 11.3 Å². The number of carbonyl (C=O) groups is 1. The van der Waals surface area contributed by atoms with Crippen LogP contribution in [-0.4, -0.2) is 26.1 Å². The van der Waals surface area contributed by atoms with Gasteiger partial charge in [-0.05, 0) is 72.8 Å². The van der Waals surface area contributed by atoms with Crippen molar-refractivity contribution < 1.29 is 17.6 Å². The van der Waals surface area contributed by atoms with Crippen molar-refractivity contribution in [1.29, 1.82) is 0 Å². The van der Waals surface area contributed by atoms with E-state index in [0.717, 1.165) is 16.2 Å². The third-order valence-electron chi connectivity index (χ3n) is 5.46. The van der Waals surface area contributed by atoms with Crippen LogP contribution in [0.15, 0.2) is 63.7 Å². The van der Waals surface area contributed by atoms with Gasteiger partial charge in [-0.15, -0.1) is 11.3 Å². The maximum absolute atomic E-state index is 14.3. The lowest BCUT2D eigenvalue weighted by Crippen LogP contribution is -2.34. The number of urea groups is 1. The van der Waals surface area contributed by atoms with Crippen LogP contribution in [0.5, 0.6) is 0 Å². The lowest BCUT2D eigenvalue weighted by Gasteiger charge is -2.14. The molecule has 4 rings (SSSR count). The summed E-state index contributed by atoms with van der Waals surface area (Å²) in [6, 6.07) is 11.6. The highest BCUT2D eigenvalue weighted by molar-refractivity contribution is 7.92. The first-order chi connectivity index (χ1) is 16.6. The first kappa shape index (κ1) is 24.4. The second-order valence-corrected chi connectivity index (χ2v) is 11.0. The molecule has 11 heteroatoms. The van der Waals surface area contributed by atoms with Crippen molar-refractivity contribution in [3.63, 3.8) is 0 Å². The zero-order valence-electron chi connectivity index (χ0n) is 19.2. The monoisotopic (exact) mass is 514 g/mol. The highest BCUT2D eigenvalue weighted by Crippen LogP contribution is 2.24. The number of anilines is 2. The van der Waals surface area contributed by atoms with Gasteiger partial charge in [-0.3, -0.25) is 9.36 Å². The maximum atomic E-state index is 14.3. The maximum Gasteiger partial charge on any atom is 0.333 e. The van der Waals surface area contributed by atoms with Crippen molar-refractivity contribution in [2.75, 3.05) is 17.7 Å². The number of carbonyl (C=O) groups excluding carboxylic acids is 1. The van der Waals surface area contributed by atoms with Crippen molar-refractivity contribution in [2.24, 2.45) is 0 Å². The molecule has 2 aromatic carbocycles. The fraction of sp³-hybridized carbons (Fsp3) is 0.167. The molecule has 8 nitrogen and oxygen atoms in total. The van der Waals surface area contributed by atoms with Gasteiger partial charge in [0.15, 0.2) is 0 Å². The molecule has 0 atom stereocenters. The number of pyridine rings is 1. The molecule has 2 aromatic heterocycles. The van der Waals surface area contributed by atoms with E-state index in [1.807, 2.05) is 11.6 Å². The molecule has 0 aliphatic carbocycles. The van der Waals surface area contributed by atoms with Crippen molar-refractivity contribution >= 4 is 49.5 Å². The number of amides is 2. The molecule has 0 fully saturated rings. The van der Waals surface area contributed by atoms with Crippen molar-refractivity contribution in [2.45, 2.75) is 24.5 Å². The Morgan fingerprint density at radius 2 is 1.86 bits per heavy atom.